The van der Waals surface area contributed by atoms with Crippen LogP contribution in [0.15, 0.2) is 60.7 Å². The lowest BCUT2D eigenvalue weighted by molar-refractivity contribution is -0.142. The molecular weight excluding hydrogens is 444 g/mol. The molecule has 184 valence electrons. The Kier molecular flexibility index (Phi) is 7.85. The number of rotatable bonds is 9. The molecule has 35 heavy (non-hydrogen) atoms. The van der Waals surface area contributed by atoms with Gasteiger partial charge < -0.3 is 20.5 Å². The van der Waals surface area contributed by atoms with E-state index in [1.54, 1.807) is 0 Å². The van der Waals surface area contributed by atoms with Crippen LogP contribution in [-0.4, -0.2) is 42.3 Å². The second-order valence-electron chi connectivity index (χ2n) is 9.35. The average molecular weight is 477 g/mol. The van der Waals surface area contributed by atoms with Crippen LogP contribution in [-0.2, 0) is 14.3 Å². The number of carbonyl (C=O) groups excluding carboxylic acids is 2. The molecule has 0 spiro atoms. The van der Waals surface area contributed by atoms with E-state index in [0.29, 0.717) is 32.2 Å². The van der Waals surface area contributed by atoms with E-state index in [1.807, 2.05) is 43.3 Å². The maximum atomic E-state index is 12.5. The highest BCUT2D eigenvalue weighted by Crippen LogP contribution is 2.44. The first-order chi connectivity index (χ1) is 16.9. The molecular formula is C28H32N2O5. The molecule has 0 aromatic heterocycles. The smallest absolute Gasteiger partial charge is 0.407 e. The van der Waals surface area contributed by atoms with Gasteiger partial charge in [-0.3, -0.25) is 9.59 Å². The number of allylic oxidation sites excluding steroid dienone is 1. The summed E-state index contributed by atoms with van der Waals surface area (Å²) in [5.74, 6) is -1.61. The molecule has 0 aliphatic heterocycles. The summed E-state index contributed by atoms with van der Waals surface area (Å²) in [6.45, 7) is 2.52. The van der Waals surface area contributed by atoms with Crippen LogP contribution in [0, 0.1) is 11.8 Å². The Morgan fingerprint density at radius 3 is 2.37 bits per heavy atom. The Hall–Kier alpha value is -3.61. The number of carboxylic acid groups (broad SMARTS) is 1. The molecule has 2 aliphatic rings. The first-order valence-corrected chi connectivity index (χ1v) is 12.2. The van der Waals surface area contributed by atoms with E-state index in [9.17, 15) is 19.5 Å². The molecule has 7 nitrogen and oxygen atoms in total. The summed E-state index contributed by atoms with van der Waals surface area (Å²) in [6, 6.07) is 16.2. The van der Waals surface area contributed by atoms with Crippen molar-refractivity contribution in [2.45, 2.75) is 44.6 Å². The number of carbonyl (C=O) groups is 3. The number of alkyl carbamates (subject to hydrolysis) is 1. The van der Waals surface area contributed by atoms with Crippen molar-refractivity contribution in [2.75, 3.05) is 13.2 Å². The molecule has 4 rings (SSSR count). The van der Waals surface area contributed by atoms with E-state index in [4.69, 9.17) is 4.74 Å². The Morgan fingerprint density at radius 2 is 1.71 bits per heavy atom. The third-order valence-electron chi connectivity index (χ3n) is 6.88. The van der Waals surface area contributed by atoms with Gasteiger partial charge in [-0.2, -0.15) is 0 Å². The number of benzene rings is 2. The summed E-state index contributed by atoms with van der Waals surface area (Å²) in [5.41, 5.74) is 4.71. The van der Waals surface area contributed by atoms with Gasteiger partial charge in [0, 0.05) is 24.4 Å². The van der Waals surface area contributed by atoms with Crippen LogP contribution in [0.25, 0.3) is 11.1 Å². The molecule has 0 bridgehead atoms. The Bertz CT molecular complexity index is 1070. The molecule has 0 heterocycles. The van der Waals surface area contributed by atoms with E-state index in [-0.39, 0.29) is 30.4 Å². The predicted molar refractivity (Wildman–Crippen MR) is 133 cm³/mol. The first-order valence-electron chi connectivity index (χ1n) is 12.2. The van der Waals surface area contributed by atoms with Gasteiger partial charge in [-0.05, 0) is 47.9 Å². The summed E-state index contributed by atoms with van der Waals surface area (Å²) >= 11 is 0. The highest BCUT2D eigenvalue weighted by atomic mass is 16.5. The quantitative estimate of drug-likeness (QED) is 0.366. The highest BCUT2D eigenvalue weighted by Gasteiger charge is 2.29. The zero-order chi connectivity index (χ0) is 24.8. The molecule has 7 heteroatoms. The van der Waals surface area contributed by atoms with Crippen molar-refractivity contribution in [3.63, 3.8) is 0 Å². The van der Waals surface area contributed by atoms with Gasteiger partial charge in [0.1, 0.15) is 6.61 Å². The van der Waals surface area contributed by atoms with E-state index in [2.05, 4.69) is 34.9 Å². The van der Waals surface area contributed by atoms with Crippen molar-refractivity contribution in [3.8, 4) is 11.1 Å². The second kappa shape index (κ2) is 11.2. The Labute approximate surface area is 205 Å². The zero-order valence-corrected chi connectivity index (χ0v) is 19.9. The molecule has 2 aliphatic carbocycles. The fourth-order valence-corrected chi connectivity index (χ4v) is 4.90. The standard InChI is InChI=1S/C28H32N2O5/c1-18(26(31)30-20-10-6-9-19(16-20)27(32)33)8-7-15-29-28(34)35-17-25-23-13-4-2-11-21(23)22-12-3-5-14-24(22)25/h2-6,10-14,18-20,25H,7-9,15-17H2,1H3,(H,29,34)(H,30,31)(H,32,33). The lowest BCUT2D eigenvalue weighted by Gasteiger charge is -2.24. The number of hydrogen-bond donors (Lipinski definition) is 3. The van der Waals surface area contributed by atoms with Gasteiger partial charge in [-0.1, -0.05) is 67.6 Å². The van der Waals surface area contributed by atoms with Gasteiger partial charge in [0.25, 0.3) is 0 Å². The van der Waals surface area contributed by atoms with Crippen LogP contribution >= 0.6 is 0 Å². The molecule has 0 radical (unpaired) electrons. The molecule has 2 aromatic rings. The monoisotopic (exact) mass is 476 g/mol. The normalized spacial score (nSPS) is 19.3. The van der Waals surface area contributed by atoms with Crippen molar-refractivity contribution in [2.24, 2.45) is 11.8 Å². The minimum atomic E-state index is -0.832. The number of amides is 2. The van der Waals surface area contributed by atoms with Crippen LogP contribution in [0.5, 0.6) is 0 Å². The largest absolute Gasteiger partial charge is 0.481 e. The van der Waals surface area contributed by atoms with Crippen LogP contribution < -0.4 is 10.6 Å². The highest BCUT2D eigenvalue weighted by molar-refractivity contribution is 5.80. The van der Waals surface area contributed by atoms with E-state index >= 15 is 0 Å². The minimum absolute atomic E-state index is 0.0198. The molecule has 0 fully saturated rings. The van der Waals surface area contributed by atoms with Crippen LogP contribution in [0.4, 0.5) is 4.79 Å². The van der Waals surface area contributed by atoms with Gasteiger partial charge in [-0.15, -0.1) is 0 Å². The maximum absolute atomic E-state index is 12.5. The lowest BCUT2D eigenvalue weighted by atomic mass is 9.90. The summed E-state index contributed by atoms with van der Waals surface area (Å²) in [7, 11) is 0. The maximum Gasteiger partial charge on any atom is 0.407 e. The summed E-state index contributed by atoms with van der Waals surface area (Å²) in [5, 5.41) is 14.9. The fourth-order valence-electron chi connectivity index (χ4n) is 4.90. The first kappa shape index (κ1) is 24.5. The number of fused-ring (bicyclic) bond motifs is 3. The summed E-state index contributed by atoms with van der Waals surface area (Å²) in [4.78, 5) is 35.9. The number of ether oxygens (including phenoxy) is 1. The number of carboxylic acids is 1. The Balaban J connectivity index is 1.17. The molecule has 2 aromatic carbocycles. The molecule has 3 atom stereocenters. The zero-order valence-electron chi connectivity index (χ0n) is 19.9. The molecule has 0 saturated carbocycles. The number of aliphatic carboxylic acids is 1. The van der Waals surface area contributed by atoms with Crippen molar-refractivity contribution in [3.05, 3.63) is 71.8 Å². The molecule has 2 amide bonds. The molecule has 3 N–H and O–H groups in total. The lowest BCUT2D eigenvalue weighted by Crippen LogP contribution is -2.40. The van der Waals surface area contributed by atoms with E-state index in [0.717, 1.165) is 0 Å². The molecule has 3 unspecified atom stereocenters. The summed E-state index contributed by atoms with van der Waals surface area (Å²) in [6.07, 6.45) is 5.37. The topological polar surface area (TPSA) is 105 Å². The average Bonchev–Trinajstić information content (AvgIpc) is 3.19. The van der Waals surface area contributed by atoms with Crippen LogP contribution in [0.1, 0.15) is 49.7 Å². The SMILES string of the molecule is CC(CCCNC(=O)OCC1c2ccccc2-c2ccccc21)C(=O)NC1C=CCC(C(=O)O)C1. The van der Waals surface area contributed by atoms with Crippen molar-refractivity contribution >= 4 is 18.0 Å². The van der Waals surface area contributed by atoms with Crippen molar-refractivity contribution in [1.82, 2.24) is 10.6 Å². The predicted octanol–water partition coefficient (Wildman–Crippen LogP) is 4.48. The van der Waals surface area contributed by atoms with Crippen LogP contribution in [0.3, 0.4) is 0 Å². The second-order valence-corrected chi connectivity index (χ2v) is 9.35. The van der Waals surface area contributed by atoms with Gasteiger partial charge in [0.2, 0.25) is 5.91 Å². The number of nitrogens with one attached hydrogen (secondary N) is 2. The third kappa shape index (κ3) is 5.91. The van der Waals surface area contributed by atoms with E-state index in [1.165, 1.54) is 22.3 Å². The number of hydrogen-bond acceptors (Lipinski definition) is 4. The van der Waals surface area contributed by atoms with Gasteiger partial charge in [0.05, 0.1) is 5.92 Å². The van der Waals surface area contributed by atoms with Gasteiger partial charge in [-0.25, -0.2) is 4.79 Å². The fraction of sp³-hybridized carbons (Fsp3) is 0.393. The van der Waals surface area contributed by atoms with Crippen molar-refractivity contribution in [1.29, 1.82) is 0 Å². The van der Waals surface area contributed by atoms with Gasteiger partial charge in [0.15, 0.2) is 0 Å². The van der Waals surface area contributed by atoms with E-state index < -0.39 is 18.0 Å². The van der Waals surface area contributed by atoms with Crippen molar-refractivity contribution < 1.29 is 24.2 Å². The Morgan fingerprint density at radius 1 is 1.06 bits per heavy atom. The molecule has 0 saturated heterocycles. The summed E-state index contributed by atoms with van der Waals surface area (Å²) < 4.78 is 5.54. The van der Waals surface area contributed by atoms with Crippen LogP contribution in [0.2, 0.25) is 0 Å². The third-order valence-corrected chi connectivity index (χ3v) is 6.88. The van der Waals surface area contributed by atoms with Gasteiger partial charge >= 0.3 is 12.1 Å². The minimum Gasteiger partial charge on any atom is -0.481 e.